The standard InChI is InChI=1S/C24H30N4O4/c1-5-25-24(29)28(14-15-30-3)17-21-22(18-10-7-6-8-11-18)26-27(2)23(21)32-20-13-9-12-19(16-20)31-4/h6-13,16H,5,14-15,17H2,1-4H3,(H,25,29). The molecule has 0 fully saturated rings. The van der Waals surface area contributed by atoms with Gasteiger partial charge in [-0.3, -0.25) is 0 Å². The van der Waals surface area contributed by atoms with E-state index in [-0.39, 0.29) is 6.03 Å². The summed E-state index contributed by atoms with van der Waals surface area (Å²) in [6.07, 6.45) is 0. The SMILES string of the molecule is CCNC(=O)N(CCOC)Cc1c(-c2ccccc2)nn(C)c1Oc1cccc(OC)c1. The number of urea groups is 1. The second-order valence-electron chi connectivity index (χ2n) is 7.15. The number of rotatable bonds is 10. The van der Waals surface area contributed by atoms with Gasteiger partial charge in [-0.05, 0) is 19.1 Å². The molecule has 0 saturated heterocycles. The molecule has 0 bridgehead atoms. The molecule has 8 heteroatoms. The Kier molecular flexibility index (Phi) is 8.10. The number of nitrogens with one attached hydrogen (secondary N) is 1. The number of ether oxygens (including phenoxy) is 3. The lowest BCUT2D eigenvalue weighted by Gasteiger charge is -2.23. The Labute approximate surface area is 188 Å². The molecule has 0 unspecified atom stereocenters. The molecule has 8 nitrogen and oxygen atoms in total. The van der Waals surface area contributed by atoms with E-state index in [1.165, 1.54) is 0 Å². The van der Waals surface area contributed by atoms with E-state index < -0.39 is 0 Å². The number of carbonyl (C=O) groups is 1. The van der Waals surface area contributed by atoms with Crippen molar-refractivity contribution < 1.29 is 19.0 Å². The van der Waals surface area contributed by atoms with E-state index in [4.69, 9.17) is 19.3 Å². The van der Waals surface area contributed by atoms with Crippen molar-refractivity contribution in [1.82, 2.24) is 20.0 Å². The average Bonchev–Trinajstić information content (AvgIpc) is 3.12. The largest absolute Gasteiger partial charge is 0.497 e. The summed E-state index contributed by atoms with van der Waals surface area (Å²) in [5, 5.41) is 7.60. The Hall–Kier alpha value is -3.52. The molecule has 0 aliphatic heterocycles. The molecule has 0 atom stereocenters. The molecule has 1 N–H and O–H groups in total. The van der Waals surface area contributed by atoms with Crippen molar-refractivity contribution in [2.24, 2.45) is 7.05 Å². The van der Waals surface area contributed by atoms with Crippen LogP contribution in [0.5, 0.6) is 17.4 Å². The minimum absolute atomic E-state index is 0.167. The van der Waals surface area contributed by atoms with E-state index in [1.807, 2.05) is 68.6 Å². The Morgan fingerprint density at radius 3 is 2.53 bits per heavy atom. The number of benzene rings is 2. The van der Waals surface area contributed by atoms with Crippen LogP contribution in [0.25, 0.3) is 11.3 Å². The van der Waals surface area contributed by atoms with E-state index in [0.717, 1.165) is 16.8 Å². The summed E-state index contributed by atoms with van der Waals surface area (Å²) in [6.45, 7) is 3.60. The van der Waals surface area contributed by atoms with Crippen LogP contribution in [0.1, 0.15) is 12.5 Å². The Morgan fingerprint density at radius 1 is 1.09 bits per heavy atom. The van der Waals surface area contributed by atoms with Crippen LogP contribution in [-0.4, -0.2) is 54.6 Å². The van der Waals surface area contributed by atoms with Gasteiger partial charge in [0.1, 0.15) is 17.2 Å². The van der Waals surface area contributed by atoms with Crippen LogP contribution in [0.3, 0.4) is 0 Å². The number of methoxy groups -OCH3 is 2. The monoisotopic (exact) mass is 438 g/mol. The van der Waals surface area contributed by atoms with Gasteiger partial charge in [0.15, 0.2) is 0 Å². The first-order valence-corrected chi connectivity index (χ1v) is 10.5. The molecule has 1 heterocycles. The van der Waals surface area contributed by atoms with E-state index in [0.29, 0.717) is 43.6 Å². The maximum atomic E-state index is 12.7. The molecule has 0 aliphatic rings. The van der Waals surface area contributed by atoms with Crippen LogP contribution in [0, 0.1) is 0 Å². The highest BCUT2D eigenvalue weighted by Crippen LogP contribution is 2.35. The molecule has 0 saturated carbocycles. The van der Waals surface area contributed by atoms with Gasteiger partial charge in [-0.15, -0.1) is 0 Å². The third kappa shape index (κ3) is 5.59. The summed E-state index contributed by atoms with van der Waals surface area (Å²) in [4.78, 5) is 14.4. The van der Waals surface area contributed by atoms with Gasteiger partial charge < -0.3 is 24.4 Å². The fourth-order valence-corrected chi connectivity index (χ4v) is 3.33. The van der Waals surface area contributed by atoms with E-state index in [1.54, 1.807) is 23.8 Å². The molecule has 32 heavy (non-hydrogen) atoms. The number of carbonyl (C=O) groups excluding carboxylic acids is 1. The third-order valence-electron chi connectivity index (χ3n) is 4.92. The number of amides is 2. The number of nitrogens with zero attached hydrogens (tertiary/aromatic N) is 3. The van der Waals surface area contributed by atoms with Crippen molar-refractivity contribution in [1.29, 1.82) is 0 Å². The quantitative estimate of drug-likeness (QED) is 0.516. The number of hydrogen-bond acceptors (Lipinski definition) is 5. The maximum Gasteiger partial charge on any atom is 0.317 e. The van der Waals surface area contributed by atoms with Gasteiger partial charge in [-0.2, -0.15) is 5.10 Å². The molecule has 1 aromatic heterocycles. The normalized spacial score (nSPS) is 10.6. The zero-order chi connectivity index (χ0) is 22.9. The number of hydrogen-bond donors (Lipinski definition) is 1. The third-order valence-corrected chi connectivity index (χ3v) is 4.92. The van der Waals surface area contributed by atoms with Gasteiger partial charge in [-0.1, -0.05) is 36.4 Å². The van der Waals surface area contributed by atoms with Crippen molar-refractivity contribution >= 4 is 6.03 Å². The molecule has 0 aliphatic carbocycles. The topological polar surface area (TPSA) is 77.9 Å². The van der Waals surface area contributed by atoms with Gasteiger partial charge in [-0.25, -0.2) is 9.48 Å². The molecule has 3 aromatic rings. The summed E-state index contributed by atoms with van der Waals surface area (Å²) in [6, 6.07) is 17.1. The van der Waals surface area contributed by atoms with Gasteiger partial charge in [0, 0.05) is 38.9 Å². The summed E-state index contributed by atoms with van der Waals surface area (Å²) in [5.41, 5.74) is 2.52. The molecule has 170 valence electrons. The van der Waals surface area contributed by atoms with Crippen LogP contribution >= 0.6 is 0 Å². The molecule has 0 radical (unpaired) electrons. The Bertz CT molecular complexity index is 1020. The summed E-state index contributed by atoms with van der Waals surface area (Å²) in [5.74, 6) is 1.87. The highest BCUT2D eigenvalue weighted by Gasteiger charge is 2.24. The van der Waals surface area contributed by atoms with Crippen molar-refractivity contribution in [3.63, 3.8) is 0 Å². The Morgan fingerprint density at radius 2 is 1.84 bits per heavy atom. The fourth-order valence-electron chi connectivity index (χ4n) is 3.33. The van der Waals surface area contributed by atoms with Crippen molar-refractivity contribution in [2.75, 3.05) is 33.9 Å². The maximum absolute atomic E-state index is 12.7. The molecule has 2 aromatic carbocycles. The van der Waals surface area contributed by atoms with E-state index >= 15 is 0 Å². The summed E-state index contributed by atoms with van der Waals surface area (Å²) < 4.78 is 18.5. The number of aryl methyl sites for hydroxylation is 1. The highest BCUT2D eigenvalue weighted by atomic mass is 16.5. The van der Waals surface area contributed by atoms with Gasteiger partial charge >= 0.3 is 6.03 Å². The average molecular weight is 439 g/mol. The van der Waals surface area contributed by atoms with Crippen molar-refractivity contribution in [3.05, 3.63) is 60.2 Å². The predicted octanol–water partition coefficient (Wildman–Crippen LogP) is 4.07. The Balaban J connectivity index is 2.04. The van der Waals surface area contributed by atoms with E-state index in [2.05, 4.69) is 5.32 Å². The minimum Gasteiger partial charge on any atom is -0.497 e. The van der Waals surface area contributed by atoms with Gasteiger partial charge in [0.25, 0.3) is 0 Å². The second kappa shape index (κ2) is 11.2. The highest BCUT2D eigenvalue weighted by molar-refractivity contribution is 5.75. The van der Waals surface area contributed by atoms with Crippen molar-refractivity contribution in [2.45, 2.75) is 13.5 Å². The zero-order valence-corrected chi connectivity index (χ0v) is 19.0. The minimum atomic E-state index is -0.167. The number of aromatic nitrogens is 2. The first-order chi connectivity index (χ1) is 15.6. The molecular weight excluding hydrogens is 408 g/mol. The predicted molar refractivity (Wildman–Crippen MR) is 123 cm³/mol. The molecule has 2 amide bonds. The summed E-state index contributed by atoms with van der Waals surface area (Å²) in [7, 11) is 5.06. The van der Waals surface area contributed by atoms with Crippen LogP contribution in [0.2, 0.25) is 0 Å². The first-order valence-electron chi connectivity index (χ1n) is 10.5. The second-order valence-corrected chi connectivity index (χ2v) is 7.15. The van der Waals surface area contributed by atoms with Crippen LogP contribution < -0.4 is 14.8 Å². The van der Waals surface area contributed by atoms with Crippen LogP contribution in [0.15, 0.2) is 54.6 Å². The first kappa shape index (κ1) is 23.1. The zero-order valence-electron chi connectivity index (χ0n) is 19.0. The van der Waals surface area contributed by atoms with Crippen LogP contribution in [0.4, 0.5) is 4.79 Å². The smallest absolute Gasteiger partial charge is 0.317 e. The van der Waals surface area contributed by atoms with E-state index in [9.17, 15) is 4.79 Å². The molecule has 0 spiro atoms. The lowest BCUT2D eigenvalue weighted by molar-refractivity contribution is 0.146. The summed E-state index contributed by atoms with van der Waals surface area (Å²) >= 11 is 0. The molecule has 3 rings (SSSR count). The van der Waals surface area contributed by atoms with Crippen LogP contribution in [-0.2, 0) is 18.3 Å². The molecular formula is C24H30N4O4. The lowest BCUT2D eigenvalue weighted by Crippen LogP contribution is -2.41. The van der Waals surface area contributed by atoms with Crippen molar-refractivity contribution in [3.8, 4) is 28.6 Å². The fraction of sp³-hybridized carbons (Fsp3) is 0.333. The van der Waals surface area contributed by atoms with Gasteiger partial charge in [0.2, 0.25) is 5.88 Å². The lowest BCUT2D eigenvalue weighted by atomic mass is 10.1. The van der Waals surface area contributed by atoms with Gasteiger partial charge in [0.05, 0.1) is 25.8 Å².